The number of halogens is 5. The summed E-state index contributed by atoms with van der Waals surface area (Å²) in [6.45, 7) is 0.693. The van der Waals surface area contributed by atoms with E-state index in [1.807, 2.05) is 0 Å². The summed E-state index contributed by atoms with van der Waals surface area (Å²) < 4.78 is 93.7. The number of unbranched alkanes of at least 4 members (excludes halogenated alkanes) is 1. The average Bonchev–Trinajstić information content (AvgIpc) is 3.32. The molecule has 0 spiro atoms. The SMILES string of the molecule is C[C@](N)(COP(=O)(O)O)c1nnc(-c2ccc(OCCCCOc3cc(F)ccc3F)c(C(F)(F)F)c2)s1. The molecule has 0 aliphatic heterocycles. The molecule has 4 N–H and O–H groups in total. The molecular formula is C22H23F5N3O6PS. The van der Waals surface area contributed by atoms with Gasteiger partial charge in [0.25, 0.3) is 0 Å². The van der Waals surface area contributed by atoms with Gasteiger partial charge in [0, 0.05) is 11.6 Å². The van der Waals surface area contributed by atoms with E-state index in [-0.39, 0.29) is 41.0 Å². The molecular weight excluding hydrogens is 560 g/mol. The number of alkyl halides is 3. The molecule has 0 radical (unpaired) electrons. The largest absolute Gasteiger partial charge is 0.493 e. The first-order chi connectivity index (χ1) is 17.7. The van der Waals surface area contributed by atoms with Crippen LogP contribution < -0.4 is 15.2 Å². The van der Waals surface area contributed by atoms with Crippen LogP contribution in [0.4, 0.5) is 22.0 Å². The monoisotopic (exact) mass is 583 g/mol. The first-order valence-electron chi connectivity index (χ1n) is 10.9. The van der Waals surface area contributed by atoms with E-state index in [1.54, 1.807) is 0 Å². The van der Waals surface area contributed by atoms with E-state index in [0.29, 0.717) is 6.42 Å². The van der Waals surface area contributed by atoms with Gasteiger partial charge in [0.05, 0.1) is 30.9 Å². The average molecular weight is 583 g/mol. The quantitative estimate of drug-likeness (QED) is 0.152. The van der Waals surface area contributed by atoms with Gasteiger partial charge in [-0.25, -0.2) is 13.3 Å². The molecule has 0 aliphatic carbocycles. The Morgan fingerprint density at radius 1 is 1.00 bits per heavy atom. The summed E-state index contributed by atoms with van der Waals surface area (Å²) in [7, 11) is -4.80. The van der Waals surface area contributed by atoms with Crippen molar-refractivity contribution in [2.24, 2.45) is 5.73 Å². The predicted octanol–water partition coefficient (Wildman–Crippen LogP) is 5.02. The maximum absolute atomic E-state index is 13.7. The van der Waals surface area contributed by atoms with Crippen molar-refractivity contribution in [3.05, 3.63) is 58.6 Å². The van der Waals surface area contributed by atoms with Gasteiger partial charge in [-0.15, -0.1) is 10.2 Å². The van der Waals surface area contributed by atoms with Crippen LogP contribution in [0.1, 0.15) is 30.3 Å². The molecule has 9 nitrogen and oxygen atoms in total. The fourth-order valence-electron chi connectivity index (χ4n) is 3.02. The smallest absolute Gasteiger partial charge is 0.469 e. The van der Waals surface area contributed by atoms with Crippen molar-refractivity contribution >= 4 is 19.2 Å². The first-order valence-corrected chi connectivity index (χ1v) is 13.3. The Kier molecular flexibility index (Phi) is 9.44. The van der Waals surface area contributed by atoms with E-state index < -0.39 is 49.1 Å². The summed E-state index contributed by atoms with van der Waals surface area (Å²) in [6, 6.07) is 6.10. The van der Waals surface area contributed by atoms with E-state index in [9.17, 15) is 26.5 Å². The third kappa shape index (κ3) is 8.41. The van der Waals surface area contributed by atoms with Crippen molar-refractivity contribution in [1.82, 2.24) is 10.2 Å². The molecule has 1 atom stereocenters. The summed E-state index contributed by atoms with van der Waals surface area (Å²) in [5, 5.41) is 7.86. The van der Waals surface area contributed by atoms with E-state index >= 15 is 0 Å². The van der Waals surface area contributed by atoms with Gasteiger partial charge >= 0.3 is 14.0 Å². The first kappa shape index (κ1) is 29.9. The number of nitrogens with zero attached hydrogens (tertiary/aromatic N) is 2. The van der Waals surface area contributed by atoms with Crippen LogP contribution in [0.25, 0.3) is 10.6 Å². The van der Waals surface area contributed by atoms with Gasteiger partial charge in [-0.3, -0.25) is 4.52 Å². The highest BCUT2D eigenvalue weighted by Gasteiger charge is 2.35. The lowest BCUT2D eigenvalue weighted by Gasteiger charge is -2.21. The van der Waals surface area contributed by atoms with Crippen molar-refractivity contribution in [1.29, 1.82) is 0 Å². The van der Waals surface area contributed by atoms with Crippen LogP contribution in [-0.4, -0.2) is 39.8 Å². The van der Waals surface area contributed by atoms with Gasteiger partial charge in [0.2, 0.25) is 0 Å². The zero-order valence-electron chi connectivity index (χ0n) is 19.7. The molecule has 0 fully saturated rings. The fraction of sp³-hybridized carbons (Fsp3) is 0.364. The van der Waals surface area contributed by atoms with Crippen molar-refractivity contribution in [3.63, 3.8) is 0 Å². The number of phosphoric ester groups is 1. The molecule has 3 rings (SSSR count). The molecule has 0 unspecified atom stereocenters. The van der Waals surface area contributed by atoms with E-state index in [4.69, 9.17) is 25.0 Å². The summed E-state index contributed by atoms with van der Waals surface area (Å²) >= 11 is 0.843. The van der Waals surface area contributed by atoms with Crippen molar-refractivity contribution < 1.29 is 50.3 Å². The van der Waals surface area contributed by atoms with Crippen molar-refractivity contribution in [3.8, 4) is 22.1 Å². The van der Waals surface area contributed by atoms with Gasteiger partial charge in [0.15, 0.2) is 11.6 Å². The van der Waals surface area contributed by atoms with E-state index in [2.05, 4.69) is 14.7 Å². The maximum atomic E-state index is 13.7. The molecule has 0 aliphatic rings. The Hall–Kier alpha value is -2.68. The van der Waals surface area contributed by atoms with Crippen LogP contribution in [0.3, 0.4) is 0 Å². The van der Waals surface area contributed by atoms with Crippen LogP contribution in [0.2, 0.25) is 0 Å². The highest BCUT2D eigenvalue weighted by molar-refractivity contribution is 7.46. The molecule has 1 aromatic heterocycles. The van der Waals surface area contributed by atoms with Gasteiger partial charge in [-0.1, -0.05) is 11.3 Å². The predicted molar refractivity (Wildman–Crippen MR) is 126 cm³/mol. The Bertz CT molecular complexity index is 1300. The number of nitrogens with two attached hydrogens (primary N) is 1. The third-order valence-corrected chi connectivity index (χ3v) is 6.64. The number of benzene rings is 2. The normalized spacial score (nSPS) is 13.8. The Morgan fingerprint density at radius 3 is 2.29 bits per heavy atom. The minimum absolute atomic E-state index is 0.00738. The number of phosphoric acid groups is 1. The zero-order valence-corrected chi connectivity index (χ0v) is 21.5. The molecule has 1 heterocycles. The lowest BCUT2D eigenvalue weighted by atomic mass is 10.1. The number of aromatic nitrogens is 2. The summed E-state index contributed by atoms with van der Waals surface area (Å²) in [5.74, 6) is -2.07. The summed E-state index contributed by atoms with van der Waals surface area (Å²) in [5.41, 5.74) is 3.55. The molecule has 208 valence electrons. The summed E-state index contributed by atoms with van der Waals surface area (Å²) in [6.07, 6.45) is -4.16. The highest BCUT2D eigenvalue weighted by atomic mass is 32.1. The highest BCUT2D eigenvalue weighted by Crippen LogP contribution is 2.41. The lowest BCUT2D eigenvalue weighted by Crippen LogP contribution is -2.37. The van der Waals surface area contributed by atoms with E-state index in [1.165, 1.54) is 13.0 Å². The number of hydrogen-bond donors (Lipinski definition) is 3. The van der Waals surface area contributed by atoms with Gasteiger partial charge in [-0.2, -0.15) is 13.2 Å². The summed E-state index contributed by atoms with van der Waals surface area (Å²) in [4.78, 5) is 17.7. The second-order valence-electron chi connectivity index (χ2n) is 8.28. The van der Waals surface area contributed by atoms with Gasteiger partial charge in [0.1, 0.15) is 21.6 Å². The number of rotatable bonds is 12. The van der Waals surface area contributed by atoms with Gasteiger partial charge < -0.3 is 25.0 Å². The second kappa shape index (κ2) is 12.0. The minimum atomic E-state index is -4.80. The van der Waals surface area contributed by atoms with Crippen LogP contribution in [0.15, 0.2) is 36.4 Å². The Balaban J connectivity index is 1.63. The molecule has 2 aromatic carbocycles. The van der Waals surface area contributed by atoms with Gasteiger partial charge in [-0.05, 0) is 50.1 Å². The topological polar surface area (TPSA) is 137 Å². The maximum Gasteiger partial charge on any atom is 0.469 e. The third-order valence-electron chi connectivity index (χ3n) is 4.93. The molecule has 0 saturated heterocycles. The van der Waals surface area contributed by atoms with Crippen LogP contribution >= 0.6 is 19.2 Å². The van der Waals surface area contributed by atoms with Crippen LogP contribution in [0.5, 0.6) is 11.5 Å². The minimum Gasteiger partial charge on any atom is -0.493 e. The molecule has 16 heteroatoms. The zero-order chi connectivity index (χ0) is 28.1. The van der Waals surface area contributed by atoms with Crippen LogP contribution in [-0.2, 0) is 20.8 Å². The Morgan fingerprint density at radius 2 is 1.66 bits per heavy atom. The van der Waals surface area contributed by atoms with E-state index in [0.717, 1.165) is 41.7 Å². The van der Waals surface area contributed by atoms with Crippen molar-refractivity contribution in [2.45, 2.75) is 31.5 Å². The molecule has 0 saturated carbocycles. The molecule has 3 aromatic rings. The number of ether oxygens (including phenoxy) is 2. The van der Waals surface area contributed by atoms with Crippen LogP contribution in [0, 0.1) is 11.6 Å². The number of hydrogen-bond acceptors (Lipinski definition) is 8. The fourth-order valence-corrected chi connectivity index (χ4v) is 4.34. The molecule has 0 amide bonds. The lowest BCUT2D eigenvalue weighted by molar-refractivity contribution is -0.138. The Labute approximate surface area is 217 Å². The second-order valence-corrected chi connectivity index (χ2v) is 10.5. The standard InChI is InChI=1S/C22H23F5N3O6PS/c1-21(28,12-36-37(31,32)33)20-30-29-19(38-20)13-4-7-17(15(10-13)22(25,26)27)34-8-2-3-9-35-18-11-14(23)5-6-16(18)24/h4-7,10-11H,2-3,8-9,12,28H2,1H3,(H2,31,32,33)/t21-/m0/s1. The molecule has 0 bridgehead atoms. The molecule has 38 heavy (non-hydrogen) atoms. The van der Waals surface area contributed by atoms with Crippen molar-refractivity contribution in [2.75, 3.05) is 19.8 Å².